The van der Waals surface area contributed by atoms with Crippen LogP contribution in [0.3, 0.4) is 0 Å². The molecule has 0 unspecified atom stereocenters. The highest BCUT2D eigenvalue weighted by Crippen LogP contribution is 2.34. The number of hydrogen-bond donors (Lipinski definition) is 0. The van der Waals surface area contributed by atoms with Crippen LogP contribution in [0.4, 0.5) is 0 Å². The van der Waals surface area contributed by atoms with Gasteiger partial charge in [-0.25, -0.2) is 9.97 Å². The lowest BCUT2D eigenvalue weighted by Crippen LogP contribution is -2.34. The summed E-state index contributed by atoms with van der Waals surface area (Å²) >= 11 is 6.22. The van der Waals surface area contributed by atoms with Crippen molar-refractivity contribution in [2.75, 3.05) is 13.7 Å². The van der Waals surface area contributed by atoms with Crippen molar-refractivity contribution < 1.29 is 9.53 Å². The molecule has 3 aromatic rings. The maximum Gasteiger partial charge on any atom is 0.258 e. The summed E-state index contributed by atoms with van der Waals surface area (Å²) in [6.45, 7) is 5.39. The molecule has 0 N–H and O–H groups in total. The van der Waals surface area contributed by atoms with Crippen LogP contribution in [0.25, 0.3) is 11.2 Å². The molecule has 1 fully saturated rings. The number of carbonyl (C=O) groups is 1. The topological polar surface area (TPSA) is 60.2 Å². The second kappa shape index (κ2) is 9.90. The molecule has 0 aliphatic heterocycles. The molecule has 170 valence electrons. The first kappa shape index (κ1) is 22.6. The van der Waals surface area contributed by atoms with Crippen LogP contribution in [0, 0.1) is 5.92 Å². The summed E-state index contributed by atoms with van der Waals surface area (Å²) in [5.74, 6) is 1.80. The van der Waals surface area contributed by atoms with Crippen LogP contribution < -0.4 is 4.74 Å². The fourth-order valence-electron chi connectivity index (χ4n) is 4.49. The molecule has 1 saturated carbocycles. The van der Waals surface area contributed by atoms with Gasteiger partial charge in [-0.1, -0.05) is 38.3 Å². The van der Waals surface area contributed by atoms with E-state index in [2.05, 4.69) is 23.4 Å². The maximum atomic E-state index is 13.7. The molecule has 2 heterocycles. The highest BCUT2D eigenvalue weighted by atomic mass is 35.5. The Hall–Kier alpha value is -2.60. The van der Waals surface area contributed by atoms with Gasteiger partial charge in [-0.3, -0.25) is 4.79 Å². The van der Waals surface area contributed by atoms with E-state index in [4.69, 9.17) is 21.3 Å². The van der Waals surface area contributed by atoms with Gasteiger partial charge in [0.2, 0.25) is 0 Å². The van der Waals surface area contributed by atoms with Gasteiger partial charge in [0.05, 0.1) is 19.2 Å². The number of carbonyl (C=O) groups excluding carboxylic acids is 1. The number of imidazole rings is 1. The van der Waals surface area contributed by atoms with Gasteiger partial charge >= 0.3 is 0 Å². The van der Waals surface area contributed by atoms with Crippen molar-refractivity contribution in [1.29, 1.82) is 0 Å². The zero-order valence-corrected chi connectivity index (χ0v) is 19.8. The number of ether oxygens (including phenoxy) is 1. The van der Waals surface area contributed by atoms with Crippen LogP contribution in [0.15, 0.2) is 36.5 Å². The van der Waals surface area contributed by atoms with E-state index in [1.54, 1.807) is 25.3 Å². The number of fused-ring (bicyclic) bond motifs is 1. The molecular weight excluding hydrogens is 424 g/mol. The first-order valence-corrected chi connectivity index (χ1v) is 11.8. The SMILES string of the molecule is COc1ccc(Cl)cc1C(=O)N(CCC(C)C)Cc1nc2cccnc2n1C1CCCC1. The molecule has 7 heteroatoms. The van der Waals surface area contributed by atoms with Crippen molar-refractivity contribution in [3.63, 3.8) is 0 Å². The third kappa shape index (κ3) is 4.75. The summed E-state index contributed by atoms with van der Waals surface area (Å²) < 4.78 is 7.73. The number of hydrogen-bond acceptors (Lipinski definition) is 4. The van der Waals surface area contributed by atoms with Gasteiger partial charge in [0, 0.05) is 23.8 Å². The number of amides is 1. The number of benzene rings is 1. The Labute approximate surface area is 194 Å². The van der Waals surface area contributed by atoms with E-state index in [0.29, 0.717) is 41.4 Å². The lowest BCUT2D eigenvalue weighted by Gasteiger charge is -2.26. The van der Waals surface area contributed by atoms with Gasteiger partial charge in [-0.05, 0) is 55.5 Å². The molecule has 2 aromatic heterocycles. The molecule has 0 bridgehead atoms. The Bertz CT molecular complexity index is 1090. The summed E-state index contributed by atoms with van der Waals surface area (Å²) in [6.07, 6.45) is 7.39. The Morgan fingerprint density at radius 1 is 1.28 bits per heavy atom. The van der Waals surface area contributed by atoms with Gasteiger partial charge in [0.15, 0.2) is 5.65 Å². The van der Waals surface area contributed by atoms with Crippen molar-refractivity contribution in [1.82, 2.24) is 19.4 Å². The lowest BCUT2D eigenvalue weighted by molar-refractivity contribution is 0.0725. The molecule has 1 aliphatic carbocycles. The number of aromatic nitrogens is 3. The highest BCUT2D eigenvalue weighted by molar-refractivity contribution is 6.31. The average molecular weight is 455 g/mol. The third-order valence-electron chi connectivity index (χ3n) is 6.20. The second-order valence-corrected chi connectivity index (χ2v) is 9.37. The van der Waals surface area contributed by atoms with E-state index in [1.165, 1.54) is 12.8 Å². The minimum atomic E-state index is -0.0945. The molecule has 0 atom stereocenters. The van der Waals surface area contributed by atoms with Gasteiger partial charge in [-0.15, -0.1) is 0 Å². The smallest absolute Gasteiger partial charge is 0.258 e. The molecule has 32 heavy (non-hydrogen) atoms. The summed E-state index contributed by atoms with van der Waals surface area (Å²) in [7, 11) is 1.57. The lowest BCUT2D eigenvalue weighted by atomic mass is 10.1. The van der Waals surface area contributed by atoms with Gasteiger partial charge in [0.1, 0.15) is 17.1 Å². The van der Waals surface area contributed by atoms with Crippen LogP contribution in [0.1, 0.15) is 68.2 Å². The van der Waals surface area contributed by atoms with Crippen LogP contribution in [0.2, 0.25) is 5.02 Å². The number of pyridine rings is 1. The molecule has 0 radical (unpaired) electrons. The molecule has 0 saturated heterocycles. The number of halogens is 1. The van der Waals surface area contributed by atoms with E-state index >= 15 is 0 Å². The molecule has 1 aromatic carbocycles. The summed E-state index contributed by atoms with van der Waals surface area (Å²) in [4.78, 5) is 25.1. The molecular formula is C25H31ClN4O2. The van der Waals surface area contributed by atoms with Crippen LogP contribution in [-0.2, 0) is 6.54 Å². The number of nitrogens with zero attached hydrogens (tertiary/aromatic N) is 4. The fraction of sp³-hybridized carbons (Fsp3) is 0.480. The highest BCUT2D eigenvalue weighted by Gasteiger charge is 2.27. The van der Waals surface area contributed by atoms with E-state index < -0.39 is 0 Å². The monoisotopic (exact) mass is 454 g/mol. The van der Waals surface area contributed by atoms with E-state index in [0.717, 1.165) is 36.3 Å². The van der Waals surface area contributed by atoms with E-state index in [-0.39, 0.29) is 5.91 Å². The third-order valence-corrected chi connectivity index (χ3v) is 6.43. The molecule has 1 aliphatic rings. The van der Waals surface area contributed by atoms with Gasteiger partial charge in [0.25, 0.3) is 5.91 Å². The minimum absolute atomic E-state index is 0.0945. The first-order chi connectivity index (χ1) is 15.5. The minimum Gasteiger partial charge on any atom is -0.496 e. The van der Waals surface area contributed by atoms with Gasteiger partial charge < -0.3 is 14.2 Å². The van der Waals surface area contributed by atoms with E-state index in [1.807, 2.05) is 23.2 Å². The predicted octanol–water partition coefficient (Wildman–Crippen LogP) is 5.90. The Morgan fingerprint density at radius 2 is 2.06 bits per heavy atom. The van der Waals surface area contributed by atoms with Gasteiger partial charge in [-0.2, -0.15) is 0 Å². The first-order valence-electron chi connectivity index (χ1n) is 11.4. The average Bonchev–Trinajstić information content (AvgIpc) is 3.43. The largest absolute Gasteiger partial charge is 0.496 e. The van der Waals surface area contributed by atoms with Crippen LogP contribution >= 0.6 is 11.6 Å². The zero-order valence-electron chi connectivity index (χ0n) is 19.1. The van der Waals surface area contributed by atoms with Crippen molar-refractivity contribution in [3.05, 3.63) is 52.9 Å². The van der Waals surface area contributed by atoms with Crippen LogP contribution in [0.5, 0.6) is 5.75 Å². The van der Waals surface area contributed by atoms with Crippen molar-refractivity contribution in [3.8, 4) is 5.75 Å². The molecule has 1 amide bonds. The number of rotatable bonds is 8. The number of methoxy groups -OCH3 is 1. The summed E-state index contributed by atoms with van der Waals surface area (Å²) in [5, 5.41) is 0.514. The quantitative estimate of drug-likeness (QED) is 0.425. The molecule has 6 nitrogen and oxygen atoms in total. The Balaban J connectivity index is 1.72. The summed E-state index contributed by atoms with van der Waals surface area (Å²) in [6, 6.07) is 9.46. The van der Waals surface area contributed by atoms with Crippen LogP contribution in [-0.4, -0.2) is 39.0 Å². The standard InChI is InChI=1S/C25H31ClN4O2/c1-17(2)12-14-29(25(31)20-15-18(26)10-11-22(20)32-3)16-23-28-21-9-6-13-27-24(21)30(23)19-7-4-5-8-19/h6,9-11,13,15,17,19H,4-5,7-8,12,14,16H2,1-3H3. The maximum absolute atomic E-state index is 13.7. The molecule has 0 spiro atoms. The predicted molar refractivity (Wildman–Crippen MR) is 127 cm³/mol. The molecule has 4 rings (SSSR count). The second-order valence-electron chi connectivity index (χ2n) is 8.94. The van der Waals surface area contributed by atoms with Crippen molar-refractivity contribution in [2.24, 2.45) is 5.92 Å². The van der Waals surface area contributed by atoms with E-state index in [9.17, 15) is 4.79 Å². The fourth-order valence-corrected chi connectivity index (χ4v) is 4.66. The summed E-state index contributed by atoms with van der Waals surface area (Å²) in [5.41, 5.74) is 2.27. The normalized spacial score (nSPS) is 14.4. The zero-order chi connectivity index (χ0) is 22.7. The van der Waals surface area contributed by atoms with Crippen molar-refractivity contribution in [2.45, 2.75) is 58.5 Å². The Morgan fingerprint density at radius 3 is 2.78 bits per heavy atom. The Kier molecular flexibility index (Phi) is 6.99. The van der Waals surface area contributed by atoms with Crippen molar-refractivity contribution >= 4 is 28.7 Å².